The molecular formula is C18H29F3N2OS. The summed E-state index contributed by atoms with van der Waals surface area (Å²) >= 11 is 1.27. The number of hydrogen-bond acceptors (Lipinski definition) is 4. The van der Waals surface area contributed by atoms with Gasteiger partial charge in [0.25, 0.3) is 5.19 Å². The van der Waals surface area contributed by atoms with Gasteiger partial charge in [-0.1, -0.05) is 44.4 Å². The second kappa shape index (κ2) is 9.21. The summed E-state index contributed by atoms with van der Waals surface area (Å²) in [5.41, 5.74) is 0.914. The number of alkyl halides is 3. The summed E-state index contributed by atoms with van der Waals surface area (Å²) in [5.74, 6) is 0.796. The summed E-state index contributed by atoms with van der Waals surface area (Å²) in [7, 11) is 0. The van der Waals surface area contributed by atoms with Gasteiger partial charge in [0, 0.05) is 24.4 Å². The molecule has 1 aromatic heterocycles. The van der Waals surface area contributed by atoms with Crippen molar-refractivity contribution in [3.63, 3.8) is 0 Å². The second-order valence-corrected chi connectivity index (χ2v) is 7.89. The Kier molecular flexibility index (Phi) is 7.55. The smallest absolute Gasteiger partial charge is 0.425 e. The van der Waals surface area contributed by atoms with Gasteiger partial charge < -0.3 is 9.64 Å². The van der Waals surface area contributed by atoms with E-state index in [0.29, 0.717) is 0 Å². The largest absolute Gasteiger partial charge is 0.457 e. The molecule has 25 heavy (non-hydrogen) atoms. The highest BCUT2D eigenvalue weighted by molar-refractivity contribution is 7.13. The fourth-order valence-corrected chi connectivity index (χ4v) is 4.22. The third-order valence-corrected chi connectivity index (χ3v) is 5.99. The topological polar surface area (TPSA) is 25.4 Å². The van der Waals surface area contributed by atoms with Crippen LogP contribution < -0.4 is 4.74 Å². The van der Waals surface area contributed by atoms with Crippen molar-refractivity contribution in [1.82, 2.24) is 9.88 Å². The van der Waals surface area contributed by atoms with Crippen LogP contribution >= 0.6 is 11.3 Å². The number of hydrogen-bond donors (Lipinski definition) is 0. The fourth-order valence-electron chi connectivity index (χ4n) is 3.20. The first-order valence-electron chi connectivity index (χ1n) is 9.27. The van der Waals surface area contributed by atoms with E-state index in [2.05, 4.69) is 23.7 Å². The molecule has 1 aromatic rings. The minimum atomic E-state index is -4.35. The molecular weight excluding hydrogens is 349 g/mol. The lowest BCUT2D eigenvalue weighted by Gasteiger charge is -2.23. The summed E-state index contributed by atoms with van der Waals surface area (Å²) in [4.78, 5) is 7.85. The van der Waals surface area contributed by atoms with Gasteiger partial charge in [0.1, 0.15) is 0 Å². The summed E-state index contributed by atoms with van der Waals surface area (Å²) < 4.78 is 42.8. The lowest BCUT2D eigenvalue weighted by Crippen LogP contribution is -2.31. The molecule has 144 valence electrons. The van der Waals surface area contributed by atoms with Gasteiger partial charge >= 0.3 is 6.18 Å². The van der Waals surface area contributed by atoms with Crippen LogP contribution in [0.5, 0.6) is 5.19 Å². The standard InChI is InChI=1S/C18H29F3N2OS/c1-4-6-14(5-2)7-10-23-11-8-15-16(9-12-23)25-17(22-15)24-13(3)18(19,20)21/h13-14H,4-12H2,1-3H3/t13-,14?/m1/s1. The number of aromatic nitrogens is 1. The molecule has 7 heteroatoms. The minimum absolute atomic E-state index is 0.150. The van der Waals surface area contributed by atoms with E-state index in [1.54, 1.807) is 0 Å². The monoisotopic (exact) mass is 378 g/mol. The van der Waals surface area contributed by atoms with Gasteiger partial charge in [-0.05, 0) is 32.2 Å². The van der Waals surface area contributed by atoms with Gasteiger partial charge in [-0.3, -0.25) is 0 Å². The highest BCUT2D eigenvalue weighted by Gasteiger charge is 2.38. The minimum Gasteiger partial charge on any atom is -0.457 e. The van der Waals surface area contributed by atoms with Crippen LogP contribution in [-0.4, -0.2) is 41.8 Å². The first-order valence-corrected chi connectivity index (χ1v) is 10.1. The second-order valence-electron chi connectivity index (χ2n) is 6.84. The molecule has 2 atom stereocenters. The van der Waals surface area contributed by atoms with E-state index < -0.39 is 12.3 Å². The van der Waals surface area contributed by atoms with Crippen molar-refractivity contribution in [3.05, 3.63) is 10.6 Å². The summed E-state index contributed by atoms with van der Waals surface area (Å²) in [6, 6.07) is 0. The molecule has 3 nitrogen and oxygen atoms in total. The Hall–Kier alpha value is -0.820. The van der Waals surface area contributed by atoms with Crippen molar-refractivity contribution in [2.75, 3.05) is 19.6 Å². The van der Waals surface area contributed by atoms with Gasteiger partial charge in [-0.2, -0.15) is 13.2 Å². The quantitative estimate of drug-likeness (QED) is 0.630. The third-order valence-electron chi connectivity index (χ3n) is 4.94. The van der Waals surface area contributed by atoms with Crippen LogP contribution in [0.15, 0.2) is 0 Å². The zero-order valence-electron chi connectivity index (χ0n) is 15.4. The molecule has 2 heterocycles. The van der Waals surface area contributed by atoms with Crippen LogP contribution in [0.25, 0.3) is 0 Å². The molecule has 0 N–H and O–H groups in total. The van der Waals surface area contributed by atoms with E-state index in [4.69, 9.17) is 4.74 Å². The predicted molar refractivity (Wildman–Crippen MR) is 95.4 cm³/mol. The Labute approximate surface area is 152 Å². The predicted octanol–water partition coefficient (Wildman–Crippen LogP) is 5.09. The van der Waals surface area contributed by atoms with E-state index in [1.807, 2.05) is 0 Å². The molecule has 1 unspecified atom stereocenters. The van der Waals surface area contributed by atoms with Gasteiger partial charge in [0.05, 0.1) is 5.69 Å². The average Bonchev–Trinajstić information content (AvgIpc) is 2.84. The molecule has 2 rings (SSSR count). The van der Waals surface area contributed by atoms with E-state index in [-0.39, 0.29) is 5.19 Å². The molecule has 0 aliphatic carbocycles. The molecule has 0 aromatic carbocycles. The van der Waals surface area contributed by atoms with Crippen molar-refractivity contribution in [2.24, 2.45) is 5.92 Å². The number of halogens is 3. The van der Waals surface area contributed by atoms with Crippen molar-refractivity contribution in [1.29, 1.82) is 0 Å². The fraction of sp³-hybridized carbons (Fsp3) is 0.833. The molecule has 0 amide bonds. The summed E-state index contributed by atoms with van der Waals surface area (Å²) in [6.45, 7) is 8.49. The van der Waals surface area contributed by atoms with Crippen LogP contribution in [0.2, 0.25) is 0 Å². The maximum Gasteiger partial charge on any atom is 0.425 e. The number of thiazole rings is 1. The van der Waals surface area contributed by atoms with Crippen molar-refractivity contribution >= 4 is 11.3 Å². The van der Waals surface area contributed by atoms with E-state index >= 15 is 0 Å². The van der Waals surface area contributed by atoms with Gasteiger partial charge in [-0.15, -0.1) is 0 Å². The number of nitrogens with zero attached hydrogens (tertiary/aromatic N) is 2. The molecule has 0 fully saturated rings. The molecule has 0 saturated heterocycles. The van der Waals surface area contributed by atoms with Crippen molar-refractivity contribution in [2.45, 2.75) is 71.6 Å². The summed E-state index contributed by atoms with van der Waals surface area (Å²) in [5, 5.41) is 0.150. The highest BCUT2D eigenvalue weighted by atomic mass is 32.1. The van der Waals surface area contributed by atoms with Crippen LogP contribution in [0.1, 0.15) is 57.0 Å². The van der Waals surface area contributed by atoms with Crippen LogP contribution in [0.3, 0.4) is 0 Å². The lowest BCUT2D eigenvalue weighted by atomic mass is 9.97. The number of fused-ring (bicyclic) bond motifs is 1. The molecule has 0 saturated carbocycles. The molecule has 0 spiro atoms. The zero-order chi connectivity index (χ0) is 18.4. The lowest BCUT2D eigenvalue weighted by molar-refractivity contribution is -0.189. The van der Waals surface area contributed by atoms with Crippen molar-refractivity contribution < 1.29 is 17.9 Å². The third kappa shape index (κ3) is 6.13. The van der Waals surface area contributed by atoms with Gasteiger partial charge in [-0.25, -0.2) is 4.98 Å². The van der Waals surface area contributed by atoms with Gasteiger partial charge in [0.15, 0.2) is 6.10 Å². The maximum atomic E-state index is 12.6. The SMILES string of the molecule is CCCC(CC)CCN1CCc2nc(O[C@H](C)C(F)(F)F)sc2CC1. The summed E-state index contributed by atoms with van der Waals surface area (Å²) in [6.07, 6.45) is 0.451. The van der Waals surface area contributed by atoms with Crippen LogP contribution in [0, 0.1) is 5.92 Å². The normalized spacial score (nSPS) is 18.5. The van der Waals surface area contributed by atoms with Gasteiger partial charge in [0.2, 0.25) is 0 Å². The highest BCUT2D eigenvalue weighted by Crippen LogP contribution is 2.32. The number of ether oxygens (including phenoxy) is 1. The average molecular weight is 379 g/mol. The number of rotatable bonds is 8. The Bertz CT molecular complexity index is 507. The Balaban J connectivity index is 1.86. The molecule has 1 aliphatic rings. The van der Waals surface area contributed by atoms with E-state index in [9.17, 15) is 13.2 Å². The zero-order valence-corrected chi connectivity index (χ0v) is 16.2. The Morgan fingerprint density at radius 2 is 1.92 bits per heavy atom. The Morgan fingerprint density at radius 3 is 2.56 bits per heavy atom. The first kappa shape index (κ1) is 20.5. The van der Waals surface area contributed by atoms with E-state index in [1.165, 1.54) is 37.0 Å². The molecule has 1 aliphatic heterocycles. The first-order chi connectivity index (χ1) is 11.8. The van der Waals surface area contributed by atoms with Crippen LogP contribution in [0.4, 0.5) is 13.2 Å². The molecule has 0 radical (unpaired) electrons. The molecule has 0 bridgehead atoms. The van der Waals surface area contributed by atoms with Crippen LogP contribution in [-0.2, 0) is 12.8 Å². The Morgan fingerprint density at radius 1 is 1.20 bits per heavy atom. The maximum absolute atomic E-state index is 12.6. The van der Waals surface area contributed by atoms with Crippen molar-refractivity contribution in [3.8, 4) is 5.19 Å². The van der Waals surface area contributed by atoms with E-state index in [0.717, 1.165) is 55.9 Å².